The van der Waals surface area contributed by atoms with E-state index in [0.717, 1.165) is 29.9 Å². The molecule has 1 atom stereocenters. The van der Waals surface area contributed by atoms with Crippen molar-refractivity contribution >= 4 is 23.2 Å². The lowest BCUT2D eigenvalue weighted by Gasteiger charge is -2.29. The van der Waals surface area contributed by atoms with Crippen LogP contribution in [0.25, 0.3) is 0 Å². The molecule has 2 aromatic rings. The fourth-order valence-corrected chi connectivity index (χ4v) is 3.83. The summed E-state index contributed by atoms with van der Waals surface area (Å²) in [7, 11) is 0. The van der Waals surface area contributed by atoms with Crippen molar-refractivity contribution in [1.82, 2.24) is 9.91 Å². The van der Waals surface area contributed by atoms with Gasteiger partial charge < -0.3 is 4.74 Å². The Morgan fingerprint density at radius 3 is 2.57 bits per heavy atom. The Labute approximate surface area is 168 Å². The minimum Gasteiger partial charge on any atom is -0.379 e. The highest BCUT2D eigenvalue weighted by Gasteiger charge is 2.34. The molecule has 0 bridgehead atoms. The Kier molecular flexibility index (Phi) is 5.71. The van der Waals surface area contributed by atoms with E-state index in [0.29, 0.717) is 24.7 Å². The van der Waals surface area contributed by atoms with Crippen LogP contribution in [-0.2, 0) is 9.53 Å². The first kappa shape index (κ1) is 19.1. The van der Waals surface area contributed by atoms with E-state index in [1.165, 1.54) is 17.1 Å². The van der Waals surface area contributed by atoms with Gasteiger partial charge in [-0.25, -0.2) is 9.40 Å². The number of hydrazone groups is 1. The number of nitrogens with zero attached hydrogens (tertiary/aromatic N) is 3. The maximum atomic E-state index is 13.3. The van der Waals surface area contributed by atoms with E-state index >= 15 is 0 Å². The van der Waals surface area contributed by atoms with Gasteiger partial charge in [-0.3, -0.25) is 9.69 Å². The van der Waals surface area contributed by atoms with Gasteiger partial charge >= 0.3 is 0 Å². The van der Waals surface area contributed by atoms with Crippen LogP contribution in [0.1, 0.15) is 23.6 Å². The third-order valence-electron chi connectivity index (χ3n) is 5.07. The van der Waals surface area contributed by atoms with Crippen LogP contribution in [0.5, 0.6) is 0 Å². The Hall–Kier alpha value is -2.28. The summed E-state index contributed by atoms with van der Waals surface area (Å²) in [5, 5.41) is 6.75. The number of halogens is 2. The standard InChI is InChI=1S/C21H21ClFN3O2/c22-18-4-2-1-3-17(18)20-13-19(15-5-7-16(23)8-6-15)24-26(20)21(27)14-25-9-11-28-12-10-25/h1-8,20H,9-14H2. The van der Waals surface area contributed by atoms with E-state index in [4.69, 9.17) is 16.3 Å². The van der Waals surface area contributed by atoms with Crippen molar-refractivity contribution in [2.45, 2.75) is 12.5 Å². The van der Waals surface area contributed by atoms with Gasteiger partial charge in [0.15, 0.2) is 0 Å². The van der Waals surface area contributed by atoms with Gasteiger partial charge in [-0.15, -0.1) is 0 Å². The number of rotatable bonds is 4. The number of carbonyl (C=O) groups is 1. The summed E-state index contributed by atoms with van der Waals surface area (Å²) >= 11 is 6.42. The second kappa shape index (κ2) is 8.39. The molecular weight excluding hydrogens is 381 g/mol. The van der Waals surface area contributed by atoms with Gasteiger partial charge in [0.1, 0.15) is 5.82 Å². The molecule has 0 radical (unpaired) electrons. The van der Waals surface area contributed by atoms with Crippen LogP contribution in [0.3, 0.4) is 0 Å². The normalized spacial score (nSPS) is 20.3. The average molecular weight is 402 g/mol. The number of morpholine rings is 1. The van der Waals surface area contributed by atoms with Gasteiger partial charge in [-0.1, -0.05) is 41.9 Å². The quantitative estimate of drug-likeness (QED) is 0.787. The Morgan fingerprint density at radius 1 is 1.14 bits per heavy atom. The average Bonchev–Trinajstić information content (AvgIpc) is 3.15. The molecule has 7 heteroatoms. The van der Waals surface area contributed by atoms with Crippen LogP contribution in [0.15, 0.2) is 53.6 Å². The zero-order valence-electron chi connectivity index (χ0n) is 15.4. The van der Waals surface area contributed by atoms with Crippen molar-refractivity contribution in [3.63, 3.8) is 0 Å². The first-order valence-electron chi connectivity index (χ1n) is 9.32. The Balaban J connectivity index is 1.62. The molecule has 2 aliphatic rings. The molecule has 146 valence electrons. The molecule has 1 amide bonds. The number of hydrogen-bond donors (Lipinski definition) is 0. The molecular formula is C21H21ClFN3O2. The molecule has 1 fully saturated rings. The van der Waals surface area contributed by atoms with Gasteiger partial charge in [0, 0.05) is 24.5 Å². The second-order valence-corrected chi connectivity index (χ2v) is 7.33. The molecule has 2 aliphatic heterocycles. The maximum absolute atomic E-state index is 13.3. The molecule has 2 heterocycles. The molecule has 28 heavy (non-hydrogen) atoms. The molecule has 0 spiro atoms. The zero-order chi connectivity index (χ0) is 19.5. The molecule has 2 aromatic carbocycles. The Morgan fingerprint density at radius 2 is 1.86 bits per heavy atom. The number of ether oxygens (including phenoxy) is 1. The van der Waals surface area contributed by atoms with E-state index in [9.17, 15) is 9.18 Å². The number of hydrogen-bond acceptors (Lipinski definition) is 4. The van der Waals surface area contributed by atoms with Crippen molar-refractivity contribution in [2.24, 2.45) is 5.10 Å². The van der Waals surface area contributed by atoms with Crippen LogP contribution >= 0.6 is 11.6 Å². The highest BCUT2D eigenvalue weighted by Crippen LogP contribution is 2.36. The minimum atomic E-state index is -0.301. The summed E-state index contributed by atoms with van der Waals surface area (Å²) in [4.78, 5) is 15.1. The predicted molar refractivity (Wildman–Crippen MR) is 106 cm³/mol. The van der Waals surface area contributed by atoms with Crippen molar-refractivity contribution in [3.8, 4) is 0 Å². The summed E-state index contributed by atoms with van der Waals surface area (Å²) in [5.74, 6) is -0.380. The van der Waals surface area contributed by atoms with Crippen molar-refractivity contribution < 1.29 is 13.9 Å². The first-order valence-corrected chi connectivity index (χ1v) is 9.69. The van der Waals surface area contributed by atoms with E-state index < -0.39 is 0 Å². The number of amides is 1. The highest BCUT2D eigenvalue weighted by molar-refractivity contribution is 6.31. The molecule has 0 N–H and O–H groups in total. The topological polar surface area (TPSA) is 45.1 Å². The van der Waals surface area contributed by atoms with Gasteiger partial charge in [0.05, 0.1) is 31.5 Å². The fraction of sp³-hybridized carbons (Fsp3) is 0.333. The van der Waals surface area contributed by atoms with Crippen LogP contribution in [-0.4, -0.2) is 54.4 Å². The van der Waals surface area contributed by atoms with Crippen molar-refractivity contribution in [2.75, 3.05) is 32.8 Å². The molecule has 0 aromatic heterocycles. The third-order valence-corrected chi connectivity index (χ3v) is 5.41. The summed E-state index contributed by atoms with van der Waals surface area (Å²) in [5.41, 5.74) is 2.42. The minimum absolute atomic E-state index is 0.0797. The fourth-order valence-electron chi connectivity index (χ4n) is 3.57. The summed E-state index contributed by atoms with van der Waals surface area (Å²) < 4.78 is 18.7. The van der Waals surface area contributed by atoms with E-state index in [2.05, 4.69) is 10.0 Å². The monoisotopic (exact) mass is 401 g/mol. The SMILES string of the molecule is O=C(CN1CCOCC1)N1N=C(c2ccc(F)cc2)CC1c1ccccc1Cl. The largest absolute Gasteiger partial charge is 0.379 e. The number of carbonyl (C=O) groups excluding carboxylic acids is 1. The summed E-state index contributed by atoms with van der Waals surface area (Å²) in [6.45, 7) is 3.00. The van der Waals surface area contributed by atoms with Crippen molar-refractivity contribution in [3.05, 3.63) is 70.5 Å². The lowest BCUT2D eigenvalue weighted by molar-refractivity contribution is -0.135. The van der Waals surface area contributed by atoms with E-state index in [-0.39, 0.29) is 24.3 Å². The van der Waals surface area contributed by atoms with Gasteiger partial charge in [-0.05, 0) is 29.3 Å². The lowest BCUT2D eigenvalue weighted by Crippen LogP contribution is -2.43. The van der Waals surface area contributed by atoms with E-state index in [1.807, 2.05) is 24.3 Å². The molecule has 1 unspecified atom stereocenters. The molecule has 1 saturated heterocycles. The second-order valence-electron chi connectivity index (χ2n) is 6.92. The predicted octanol–water partition coefficient (Wildman–Crippen LogP) is 3.49. The first-order chi connectivity index (χ1) is 13.6. The van der Waals surface area contributed by atoms with Gasteiger partial charge in [0.2, 0.25) is 0 Å². The molecule has 0 aliphatic carbocycles. The van der Waals surface area contributed by atoms with Gasteiger partial charge in [0.25, 0.3) is 5.91 Å². The van der Waals surface area contributed by atoms with Crippen LogP contribution < -0.4 is 0 Å². The zero-order valence-corrected chi connectivity index (χ0v) is 16.1. The van der Waals surface area contributed by atoms with Gasteiger partial charge in [-0.2, -0.15) is 5.10 Å². The van der Waals surface area contributed by atoms with E-state index in [1.54, 1.807) is 12.1 Å². The molecule has 0 saturated carbocycles. The van der Waals surface area contributed by atoms with Crippen LogP contribution in [0.4, 0.5) is 4.39 Å². The van der Waals surface area contributed by atoms with Crippen molar-refractivity contribution in [1.29, 1.82) is 0 Å². The van der Waals surface area contributed by atoms with Crippen LogP contribution in [0.2, 0.25) is 5.02 Å². The maximum Gasteiger partial charge on any atom is 0.257 e. The highest BCUT2D eigenvalue weighted by atomic mass is 35.5. The molecule has 4 rings (SSSR count). The summed E-state index contributed by atoms with van der Waals surface area (Å²) in [6, 6.07) is 13.4. The Bertz CT molecular complexity index is 881. The number of benzene rings is 2. The third kappa shape index (κ3) is 4.09. The summed E-state index contributed by atoms with van der Waals surface area (Å²) in [6.07, 6.45) is 0.532. The molecule has 5 nitrogen and oxygen atoms in total. The lowest BCUT2D eigenvalue weighted by atomic mass is 9.98. The smallest absolute Gasteiger partial charge is 0.257 e. The van der Waals surface area contributed by atoms with Crippen LogP contribution in [0, 0.1) is 5.82 Å².